The van der Waals surface area contributed by atoms with Crippen LogP contribution in [0.4, 0.5) is 0 Å². The molecule has 0 amide bonds. The first-order valence-corrected chi connectivity index (χ1v) is 7.26. The second-order valence-electron chi connectivity index (χ2n) is 6.70. The Bertz CT molecular complexity index is 285. The molecule has 1 aliphatic heterocycles. The van der Waals surface area contributed by atoms with Crippen LogP contribution in [0.1, 0.15) is 47.5 Å². The third-order valence-corrected chi connectivity index (χ3v) is 3.73. The predicted octanol–water partition coefficient (Wildman–Crippen LogP) is 2.63. The summed E-state index contributed by atoms with van der Waals surface area (Å²) in [7, 11) is 0. The number of likely N-dealkylation sites (tertiary alicyclic amines) is 1. The zero-order valence-corrected chi connectivity index (χ0v) is 12.7. The Morgan fingerprint density at radius 1 is 1.33 bits per heavy atom. The van der Waals surface area contributed by atoms with Crippen molar-refractivity contribution in [3.8, 4) is 6.07 Å². The highest BCUT2D eigenvalue weighted by molar-refractivity contribution is 5.04. The molecule has 1 heterocycles. The molecule has 1 N–H and O–H groups in total. The summed E-state index contributed by atoms with van der Waals surface area (Å²) < 4.78 is 0. The molecule has 0 saturated carbocycles. The van der Waals surface area contributed by atoms with Crippen LogP contribution in [0, 0.1) is 23.2 Å². The van der Waals surface area contributed by atoms with Crippen molar-refractivity contribution in [1.82, 2.24) is 10.2 Å². The number of nitrogens with one attached hydrogen (secondary N) is 1. The summed E-state index contributed by atoms with van der Waals surface area (Å²) in [5, 5.41) is 12.7. The topological polar surface area (TPSA) is 39.1 Å². The van der Waals surface area contributed by atoms with E-state index >= 15 is 0 Å². The SMILES string of the molecule is CC1CC(C)CN(CCC(C)(C#N)NC(C)C)C1. The van der Waals surface area contributed by atoms with E-state index in [0.717, 1.165) is 24.8 Å². The number of nitriles is 1. The molecule has 3 atom stereocenters. The molecule has 1 aliphatic rings. The van der Waals surface area contributed by atoms with Gasteiger partial charge in [-0.1, -0.05) is 13.8 Å². The zero-order valence-electron chi connectivity index (χ0n) is 12.7. The summed E-state index contributed by atoms with van der Waals surface area (Å²) >= 11 is 0. The second kappa shape index (κ2) is 6.54. The van der Waals surface area contributed by atoms with E-state index < -0.39 is 5.54 Å². The van der Waals surface area contributed by atoms with Gasteiger partial charge in [0.2, 0.25) is 0 Å². The molecule has 1 fully saturated rings. The van der Waals surface area contributed by atoms with Crippen LogP contribution in [0.25, 0.3) is 0 Å². The first-order valence-electron chi connectivity index (χ1n) is 7.26. The van der Waals surface area contributed by atoms with Crippen LogP contribution in [-0.2, 0) is 0 Å². The van der Waals surface area contributed by atoms with E-state index in [1.165, 1.54) is 19.5 Å². The fourth-order valence-electron chi connectivity index (χ4n) is 3.15. The molecule has 3 nitrogen and oxygen atoms in total. The standard InChI is InChI=1S/C15H29N3/c1-12(2)17-15(5,11-16)6-7-18-9-13(3)8-14(4)10-18/h12-14,17H,6-10H2,1-5H3. The Kier molecular flexibility index (Phi) is 5.62. The minimum atomic E-state index is -0.391. The van der Waals surface area contributed by atoms with Crippen molar-refractivity contribution in [3.63, 3.8) is 0 Å². The van der Waals surface area contributed by atoms with Crippen LogP contribution in [0.15, 0.2) is 0 Å². The van der Waals surface area contributed by atoms with E-state index in [-0.39, 0.29) is 0 Å². The Labute approximate surface area is 113 Å². The van der Waals surface area contributed by atoms with Crippen molar-refractivity contribution in [2.75, 3.05) is 19.6 Å². The molecule has 0 bridgehead atoms. The largest absolute Gasteiger partial charge is 0.303 e. The van der Waals surface area contributed by atoms with Crippen molar-refractivity contribution < 1.29 is 0 Å². The third-order valence-electron chi connectivity index (χ3n) is 3.73. The Balaban J connectivity index is 2.45. The monoisotopic (exact) mass is 251 g/mol. The smallest absolute Gasteiger partial charge is 0.105 e. The van der Waals surface area contributed by atoms with Crippen LogP contribution in [0.2, 0.25) is 0 Å². The average molecular weight is 251 g/mol. The number of piperidine rings is 1. The molecule has 0 aliphatic carbocycles. The van der Waals surface area contributed by atoms with Gasteiger partial charge in [-0.2, -0.15) is 5.26 Å². The number of hydrogen-bond acceptors (Lipinski definition) is 3. The van der Waals surface area contributed by atoms with Crippen LogP contribution < -0.4 is 5.32 Å². The van der Waals surface area contributed by atoms with Gasteiger partial charge in [0.15, 0.2) is 0 Å². The molecule has 1 rings (SSSR count). The number of hydrogen-bond donors (Lipinski definition) is 1. The summed E-state index contributed by atoms with van der Waals surface area (Å²) in [4.78, 5) is 2.52. The predicted molar refractivity (Wildman–Crippen MR) is 76.3 cm³/mol. The fraction of sp³-hybridized carbons (Fsp3) is 0.933. The van der Waals surface area contributed by atoms with E-state index in [1.807, 2.05) is 6.92 Å². The minimum Gasteiger partial charge on any atom is -0.303 e. The lowest BCUT2D eigenvalue weighted by molar-refractivity contribution is 0.131. The van der Waals surface area contributed by atoms with Gasteiger partial charge in [-0.05, 0) is 45.4 Å². The first kappa shape index (κ1) is 15.5. The highest BCUT2D eigenvalue weighted by atomic mass is 15.1. The van der Waals surface area contributed by atoms with Gasteiger partial charge in [0.1, 0.15) is 5.54 Å². The van der Waals surface area contributed by atoms with Crippen molar-refractivity contribution in [1.29, 1.82) is 5.26 Å². The molecule has 0 radical (unpaired) electrons. The van der Waals surface area contributed by atoms with Gasteiger partial charge in [-0.25, -0.2) is 0 Å². The molecule has 1 saturated heterocycles. The molecule has 0 aromatic carbocycles. The van der Waals surface area contributed by atoms with Crippen molar-refractivity contribution >= 4 is 0 Å². The first-order chi connectivity index (χ1) is 8.34. The molecule has 104 valence electrons. The normalized spacial score (nSPS) is 28.9. The Morgan fingerprint density at radius 3 is 2.33 bits per heavy atom. The molecule has 0 aromatic rings. The second-order valence-corrected chi connectivity index (χ2v) is 6.70. The van der Waals surface area contributed by atoms with E-state index in [0.29, 0.717) is 6.04 Å². The molecular formula is C15H29N3. The molecule has 0 spiro atoms. The van der Waals surface area contributed by atoms with Crippen LogP contribution >= 0.6 is 0 Å². The van der Waals surface area contributed by atoms with Gasteiger partial charge in [0.25, 0.3) is 0 Å². The molecular weight excluding hydrogens is 222 g/mol. The van der Waals surface area contributed by atoms with Crippen molar-refractivity contribution in [2.24, 2.45) is 11.8 Å². The van der Waals surface area contributed by atoms with Crippen LogP contribution in [-0.4, -0.2) is 36.1 Å². The van der Waals surface area contributed by atoms with Gasteiger partial charge >= 0.3 is 0 Å². The zero-order chi connectivity index (χ0) is 13.8. The van der Waals surface area contributed by atoms with Gasteiger partial charge in [-0.15, -0.1) is 0 Å². The lowest BCUT2D eigenvalue weighted by Crippen LogP contribution is -2.48. The quantitative estimate of drug-likeness (QED) is 0.816. The summed E-state index contributed by atoms with van der Waals surface area (Å²) in [5.74, 6) is 1.58. The molecule has 0 aromatic heterocycles. The molecule has 18 heavy (non-hydrogen) atoms. The Morgan fingerprint density at radius 2 is 1.89 bits per heavy atom. The lowest BCUT2D eigenvalue weighted by atomic mass is 9.91. The van der Waals surface area contributed by atoms with Crippen LogP contribution in [0.5, 0.6) is 0 Å². The maximum Gasteiger partial charge on any atom is 0.105 e. The van der Waals surface area contributed by atoms with E-state index in [2.05, 4.69) is 44.0 Å². The minimum absolute atomic E-state index is 0.355. The highest BCUT2D eigenvalue weighted by Gasteiger charge is 2.27. The summed E-state index contributed by atoms with van der Waals surface area (Å²) in [5.41, 5.74) is -0.391. The summed E-state index contributed by atoms with van der Waals surface area (Å²) in [6.45, 7) is 14.3. The molecule has 3 unspecified atom stereocenters. The van der Waals surface area contributed by atoms with E-state index in [9.17, 15) is 5.26 Å². The Hall–Kier alpha value is -0.590. The number of nitrogens with zero attached hydrogens (tertiary/aromatic N) is 2. The molecule has 3 heteroatoms. The summed E-state index contributed by atoms with van der Waals surface area (Å²) in [6, 6.07) is 2.79. The van der Waals surface area contributed by atoms with Crippen LogP contribution in [0.3, 0.4) is 0 Å². The maximum atomic E-state index is 9.34. The third kappa shape index (κ3) is 4.96. The summed E-state index contributed by atoms with van der Waals surface area (Å²) in [6.07, 6.45) is 2.25. The van der Waals surface area contributed by atoms with E-state index in [4.69, 9.17) is 0 Å². The average Bonchev–Trinajstić information content (AvgIpc) is 2.24. The van der Waals surface area contributed by atoms with Crippen molar-refractivity contribution in [2.45, 2.75) is 59.0 Å². The highest BCUT2D eigenvalue weighted by Crippen LogP contribution is 2.22. The maximum absolute atomic E-state index is 9.34. The fourth-order valence-corrected chi connectivity index (χ4v) is 3.15. The van der Waals surface area contributed by atoms with E-state index in [1.54, 1.807) is 0 Å². The van der Waals surface area contributed by atoms with Gasteiger partial charge in [-0.3, -0.25) is 5.32 Å². The number of rotatable bonds is 5. The van der Waals surface area contributed by atoms with Gasteiger partial charge in [0.05, 0.1) is 6.07 Å². The lowest BCUT2D eigenvalue weighted by Gasteiger charge is -2.37. The van der Waals surface area contributed by atoms with Crippen molar-refractivity contribution in [3.05, 3.63) is 0 Å². The van der Waals surface area contributed by atoms with Gasteiger partial charge in [0, 0.05) is 25.7 Å². The van der Waals surface area contributed by atoms with Gasteiger partial charge < -0.3 is 4.90 Å².